The van der Waals surface area contributed by atoms with E-state index >= 15 is 0 Å². The van der Waals surface area contributed by atoms with E-state index in [2.05, 4.69) is 18.7 Å². The van der Waals surface area contributed by atoms with E-state index in [0.717, 1.165) is 18.0 Å². The van der Waals surface area contributed by atoms with E-state index in [4.69, 9.17) is 11.6 Å². The van der Waals surface area contributed by atoms with Gasteiger partial charge in [-0.05, 0) is 37.3 Å². The maximum Gasteiger partial charge on any atom is 0.189 e. The number of hydrogen-bond acceptors (Lipinski definition) is 3. The third-order valence-electron chi connectivity index (χ3n) is 3.64. The van der Waals surface area contributed by atoms with Crippen LogP contribution in [0.2, 0.25) is 4.34 Å². The van der Waals surface area contributed by atoms with Gasteiger partial charge in [0, 0.05) is 13.1 Å². The second-order valence-electron chi connectivity index (χ2n) is 5.54. The van der Waals surface area contributed by atoms with Crippen molar-refractivity contribution in [2.24, 2.45) is 11.8 Å². The Kier molecular flexibility index (Phi) is 4.46. The van der Waals surface area contributed by atoms with Crippen molar-refractivity contribution in [3.05, 3.63) is 21.3 Å². The van der Waals surface area contributed by atoms with E-state index in [1.807, 2.05) is 13.0 Å². The smallest absolute Gasteiger partial charge is 0.189 e. The minimum atomic E-state index is -0.0371. The van der Waals surface area contributed by atoms with Crippen LogP contribution in [-0.4, -0.2) is 29.8 Å². The van der Waals surface area contributed by atoms with Crippen LogP contribution in [0.5, 0.6) is 0 Å². The molecule has 0 aromatic carbocycles. The predicted molar refractivity (Wildman–Crippen MR) is 77.6 cm³/mol. The number of Topliss-reactive ketones (excluding diaryl/α,β-unsaturated/α-hetero) is 1. The van der Waals surface area contributed by atoms with Crippen LogP contribution in [0.3, 0.4) is 0 Å². The van der Waals surface area contributed by atoms with Gasteiger partial charge in [-0.25, -0.2) is 0 Å². The summed E-state index contributed by atoms with van der Waals surface area (Å²) in [6, 6.07) is 3.60. The molecule has 0 spiro atoms. The van der Waals surface area contributed by atoms with E-state index in [1.54, 1.807) is 6.07 Å². The van der Waals surface area contributed by atoms with Crippen LogP contribution < -0.4 is 0 Å². The normalized spacial score (nSPS) is 27.1. The maximum atomic E-state index is 12.4. The van der Waals surface area contributed by atoms with Crippen LogP contribution in [0.1, 0.15) is 36.9 Å². The molecule has 0 radical (unpaired) electrons. The van der Waals surface area contributed by atoms with Crippen molar-refractivity contribution in [2.45, 2.75) is 33.2 Å². The maximum absolute atomic E-state index is 12.4. The van der Waals surface area contributed by atoms with Crippen LogP contribution in [-0.2, 0) is 0 Å². The zero-order chi connectivity index (χ0) is 13.3. The van der Waals surface area contributed by atoms with Crippen molar-refractivity contribution in [1.82, 2.24) is 4.90 Å². The Morgan fingerprint density at radius 2 is 2.00 bits per heavy atom. The first kappa shape index (κ1) is 14.0. The Morgan fingerprint density at radius 3 is 2.50 bits per heavy atom. The van der Waals surface area contributed by atoms with Gasteiger partial charge in [0.1, 0.15) is 0 Å². The molecule has 18 heavy (non-hydrogen) atoms. The van der Waals surface area contributed by atoms with Gasteiger partial charge in [0.2, 0.25) is 0 Å². The number of hydrogen-bond donors (Lipinski definition) is 0. The summed E-state index contributed by atoms with van der Waals surface area (Å²) in [5, 5.41) is 0. The number of likely N-dealkylation sites (tertiary alicyclic amines) is 1. The third kappa shape index (κ3) is 3.14. The topological polar surface area (TPSA) is 20.3 Å². The van der Waals surface area contributed by atoms with E-state index in [-0.39, 0.29) is 11.8 Å². The van der Waals surface area contributed by atoms with Crippen LogP contribution in [0.4, 0.5) is 0 Å². The van der Waals surface area contributed by atoms with Crippen molar-refractivity contribution in [3.8, 4) is 0 Å². The molecule has 2 nitrogen and oxygen atoms in total. The minimum absolute atomic E-state index is 0.0371. The average molecular weight is 286 g/mol. The third-order valence-corrected chi connectivity index (χ3v) is 4.89. The highest BCUT2D eigenvalue weighted by Gasteiger charge is 2.29. The van der Waals surface area contributed by atoms with Gasteiger partial charge in [-0.2, -0.15) is 0 Å². The summed E-state index contributed by atoms with van der Waals surface area (Å²) in [5.74, 6) is 1.56. The Morgan fingerprint density at radius 1 is 1.39 bits per heavy atom. The van der Waals surface area contributed by atoms with E-state index in [1.165, 1.54) is 17.8 Å². The van der Waals surface area contributed by atoms with Gasteiger partial charge in [0.25, 0.3) is 0 Å². The lowest BCUT2D eigenvalue weighted by molar-refractivity contribution is 0.0690. The Bertz CT molecular complexity index is 421. The molecule has 1 saturated heterocycles. The van der Waals surface area contributed by atoms with Crippen molar-refractivity contribution in [3.63, 3.8) is 0 Å². The highest BCUT2D eigenvalue weighted by molar-refractivity contribution is 7.18. The first-order valence-corrected chi connectivity index (χ1v) is 7.70. The molecule has 1 aliphatic heterocycles. The van der Waals surface area contributed by atoms with Gasteiger partial charge in [0.15, 0.2) is 5.78 Å². The zero-order valence-electron chi connectivity index (χ0n) is 11.1. The lowest BCUT2D eigenvalue weighted by Crippen LogP contribution is -2.47. The highest BCUT2D eigenvalue weighted by Crippen LogP contribution is 2.27. The number of halogens is 1. The minimum Gasteiger partial charge on any atom is -0.293 e. The largest absolute Gasteiger partial charge is 0.293 e. The summed E-state index contributed by atoms with van der Waals surface area (Å²) in [6.45, 7) is 8.59. The second-order valence-corrected chi connectivity index (χ2v) is 7.26. The lowest BCUT2D eigenvalue weighted by Gasteiger charge is -2.38. The van der Waals surface area contributed by atoms with Crippen LogP contribution in [0.15, 0.2) is 12.1 Å². The molecule has 0 aliphatic carbocycles. The number of carbonyl (C=O) groups is 1. The molecule has 4 heteroatoms. The Balaban J connectivity index is 2.06. The molecule has 2 heterocycles. The summed E-state index contributed by atoms with van der Waals surface area (Å²) < 4.78 is 0.686. The average Bonchev–Trinajstić information content (AvgIpc) is 2.72. The van der Waals surface area contributed by atoms with Gasteiger partial charge in [-0.3, -0.25) is 9.69 Å². The first-order chi connectivity index (χ1) is 8.47. The molecular weight excluding hydrogens is 266 g/mol. The molecule has 0 saturated carbocycles. The Hall–Kier alpha value is -0.380. The summed E-state index contributed by atoms with van der Waals surface area (Å²) in [5.41, 5.74) is 0. The zero-order valence-corrected chi connectivity index (χ0v) is 12.7. The molecule has 3 atom stereocenters. The molecule has 1 aromatic rings. The number of rotatable bonds is 3. The number of nitrogens with zero attached hydrogens (tertiary/aromatic N) is 1. The standard InChI is InChI=1S/C14H20ClNOS/c1-9-6-10(2)8-16(7-9)11(3)14(17)12-4-5-13(15)18-12/h4-5,9-11H,6-8H2,1-3H3. The summed E-state index contributed by atoms with van der Waals surface area (Å²) in [6.07, 6.45) is 1.27. The molecule has 1 fully saturated rings. The van der Waals surface area contributed by atoms with Crippen LogP contribution in [0.25, 0.3) is 0 Å². The summed E-state index contributed by atoms with van der Waals surface area (Å²) >= 11 is 7.27. The number of carbonyl (C=O) groups excluding carboxylic acids is 1. The Labute approximate surface area is 118 Å². The van der Waals surface area contributed by atoms with Gasteiger partial charge < -0.3 is 0 Å². The highest BCUT2D eigenvalue weighted by atomic mass is 35.5. The quantitative estimate of drug-likeness (QED) is 0.784. The van der Waals surface area contributed by atoms with Gasteiger partial charge in [-0.1, -0.05) is 25.4 Å². The van der Waals surface area contributed by atoms with E-state index < -0.39 is 0 Å². The van der Waals surface area contributed by atoms with Gasteiger partial charge >= 0.3 is 0 Å². The molecular formula is C14H20ClNOS. The summed E-state index contributed by atoms with van der Waals surface area (Å²) in [7, 11) is 0. The SMILES string of the molecule is CC1CC(C)CN(C(C)C(=O)c2ccc(Cl)s2)C1. The molecule has 0 amide bonds. The number of thiophene rings is 1. The molecule has 2 rings (SSSR count). The van der Waals surface area contributed by atoms with E-state index in [0.29, 0.717) is 16.2 Å². The molecule has 0 N–H and O–H groups in total. The monoisotopic (exact) mass is 285 g/mol. The van der Waals surface area contributed by atoms with Crippen molar-refractivity contribution in [1.29, 1.82) is 0 Å². The molecule has 1 aliphatic rings. The second kappa shape index (κ2) is 5.72. The number of piperidine rings is 1. The fourth-order valence-electron chi connectivity index (χ4n) is 2.85. The first-order valence-electron chi connectivity index (χ1n) is 6.51. The molecule has 0 bridgehead atoms. The lowest BCUT2D eigenvalue weighted by atomic mass is 9.90. The van der Waals surface area contributed by atoms with Crippen molar-refractivity contribution >= 4 is 28.7 Å². The van der Waals surface area contributed by atoms with Crippen molar-refractivity contribution in [2.75, 3.05) is 13.1 Å². The number of ketones is 1. The van der Waals surface area contributed by atoms with Crippen molar-refractivity contribution < 1.29 is 4.79 Å². The van der Waals surface area contributed by atoms with E-state index in [9.17, 15) is 4.79 Å². The molecule has 100 valence electrons. The van der Waals surface area contributed by atoms with Gasteiger partial charge in [-0.15, -0.1) is 11.3 Å². The molecule has 1 aromatic heterocycles. The van der Waals surface area contributed by atoms with Crippen LogP contribution in [0, 0.1) is 11.8 Å². The predicted octanol–water partition coefficient (Wildman–Crippen LogP) is 3.95. The fraction of sp³-hybridized carbons (Fsp3) is 0.643. The van der Waals surface area contributed by atoms with Crippen LogP contribution >= 0.6 is 22.9 Å². The van der Waals surface area contributed by atoms with Gasteiger partial charge in [0.05, 0.1) is 15.3 Å². The molecule has 3 unspecified atom stereocenters. The summed E-state index contributed by atoms with van der Waals surface area (Å²) in [4.78, 5) is 15.5. The fourth-order valence-corrected chi connectivity index (χ4v) is 3.91.